The van der Waals surface area contributed by atoms with E-state index in [0.29, 0.717) is 19.0 Å². The molecule has 0 aliphatic carbocycles. The molecule has 0 aliphatic heterocycles. The third-order valence-corrected chi connectivity index (χ3v) is 2.68. The standard InChI is InChI=1S/C14H15N5O3/c1-21-6-7-22-10-13(20)18-14-11(8-15)9-17-19(14)12-4-2-3-5-16-12/h2-5,9H,6-7,10H2,1H3,(H,18,20). The zero-order chi connectivity index (χ0) is 15.8. The Morgan fingerprint density at radius 2 is 2.32 bits per heavy atom. The fourth-order valence-corrected chi connectivity index (χ4v) is 1.68. The fraction of sp³-hybridized carbons (Fsp3) is 0.286. The van der Waals surface area contributed by atoms with E-state index in [-0.39, 0.29) is 23.9 Å². The highest BCUT2D eigenvalue weighted by atomic mass is 16.5. The first-order valence-electron chi connectivity index (χ1n) is 6.52. The minimum atomic E-state index is -0.384. The normalized spacial score (nSPS) is 10.2. The number of amides is 1. The molecule has 2 aromatic rings. The Labute approximate surface area is 127 Å². The second-order valence-electron chi connectivity index (χ2n) is 4.21. The molecule has 0 atom stereocenters. The summed E-state index contributed by atoms with van der Waals surface area (Å²) in [6.45, 7) is 0.582. The van der Waals surface area contributed by atoms with Crippen molar-refractivity contribution in [2.24, 2.45) is 0 Å². The van der Waals surface area contributed by atoms with Gasteiger partial charge in [-0.15, -0.1) is 0 Å². The number of ether oxygens (including phenoxy) is 2. The van der Waals surface area contributed by atoms with Crippen molar-refractivity contribution in [2.45, 2.75) is 0 Å². The van der Waals surface area contributed by atoms with E-state index in [0.717, 1.165) is 0 Å². The lowest BCUT2D eigenvalue weighted by Crippen LogP contribution is -2.22. The van der Waals surface area contributed by atoms with Crippen molar-refractivity contribution in [3.05, 3.63) is 36.2 Å². The molecule has 0 radical (unpaired) electrons. The van der Waals surface area contributed by atoms with Gasteiger partial charge < -0.3 is 14.8 Å². The second-order valence-corrected chi connectivity index (χ2v) is 4.21. The highest BCUT2D eigenvalue weighted by Crippen LogP contribution is 2.18. The molecule has 1 N–H and O–H groups in total. The number of nitriles is 1. The molecule has 2 rings (SSSR count). The number of hydrogen-bond acceptors (Lipinski definition) is 6. The number of nitrogens with one attached hydrogen (secondary N) is 1. The molecule has 0 aliphatic rings. The predicted molar refractivity (Wildman–Crippen MR) is 77.4 cm³/mol. The average molecular weight is 301 g/mol. The van der Waals surface area contributed by atoms with E-state index in [4.69, 9.17) is 14.7 Å². The molecule has 0 unspecified atom stereocenters. The molecule has 8 nitrogen and oxygen atoms in total. The lowest BCUT2D eigenvalue weighted by molar-refractivity contribution is -0.121. The van der Waals surface area contributed by atoms with Crippen LogP contribution in [0.15, 0.2) is 30.6 Å². The van der Waals surface area contributed by atoms with Crippen molar-refractivity contribution in [3.63, 3.8) is 0 Å². The maximum Gasteiger partial charge on any atom is 0.251 e. The van der Waals surface area contributed by atoms with E-state index in [1.165, 1.54) is 10.9 Å². The zero-order valence-corrected chi connectivity index (χ0v) is 12.0. The molecule has 0 fully saturated rings. The maximum absolute atomic E-state index is 11.9. The molecule has 1 amide bonds. The molecule has 8 heteroatoms. The van der Waals surface area contributed by atoms with E-state index in [1.807, 2.05) is 6.07 Å². The first-order valence-corrected chi connectivity index (χ1v) is 6.52. The van der Waals surface area contributed by atoms with Gasteiger partial charge in [0.25, 0.3) is 5.91 Å². The van der Waals surface area contributed by atoms with Crippen LogP contribution in [0.5, 0.6) is 0 Å². The van der Waals surface area contributed by atoms with Crippen molar-refractivity contribution < 1.29 is 14.3 Å². The summed E-state index contributed by atoms with van der Waals surface area (Å²) < 4.78 is 11.4. The Balaban J connectivity index is 2.11. The van der Waals surface area contributed by atoms with Gasteiger partial charge in [-0.1, -0.05) is 6.07 Å². The monoisotopic (exact) mass is 301 g/mol. The predicted octanol–water partition coefficient (Wildman–Crippen LogP) is 0.740. The summed E-state index contributed by atoms with van der Waals surface area (Å²) in [7, 11) is 1.55. The summed E-state index contributed by atoms with van der Waals surface area (Å²) >= 11 is 0. The number of anilines is 1. The van der Waals surface area contributed by atoms with Crippen LogP contribution in [0.3, 0.4) is 0 Å². The van der Waals surface area contributed by atoms with Crippen molar-refractivity contribution in [2.75, 3.05) is 32.2 Å². The van der Waals surface area contributed by atoms with Gasteiger partial charge in [0.1, 0.15) is 18.2 Å². The average Bonchev–Trinajstić information content (AvgIpc) is 2.95. The van der Waals surface area contributed by atoms with Crippen LogP contribution in [-0.2, 0) is 14.3 Å². The van der Waals surface area contributed by atoms with Crippen molar-refractivity contribution >= 4 is 11.7 Å². The third-order valence-electron chi connectivity index (χ3n) is 2.68. The smallest absolute Gasteiger partial charge is 0.251 e. The summed E-state index contributed by atoms with van der Waals surface area (Å²) in [5.41, 5.74) is 0.246. The van der Waals surface area contributed by atoms with Crippen molar-refractivity contribution in [1.82, 2.24) is 14.8 Å². The third kappa shape index (κ3) is 3.88. The summed E-state index contributed by atoms with van der Waals surface area (Å²) in [5.74, 6) is 0.381. The number of hydrogen-bond donors (Lipinski definition) is 1. The molecule has 0 saturated heterocycles. The number of methoxy groups -OCH3 is 1. The first-order chi connectivity index (χ1) is 10.8. The molecular formula is C14H15N5O3. The van der Waals surface area contributed by atoms with Crippen LogP contribution >= 0.6 is 0 Å². The number of nitrogens with zero attached hydrogens (tertiary/aromatic N) is 4. The van der Waals surface area contributed by atoms with Crippen molar-refractivity contribution in [3.8, 4) is 11.9 Å². The van der Waals surface area contributed by atoms with Crippen molar-refractivity contribution in [1.29, 1.82) is 5.26 Å². The van der Waals surface area contributed by atoms with Crippen LogP contribution < -0.4 is 5.32 Å². The van der Waals surface area contributed by atoms with Crippen LogP contribution in [0.2, 0.25) is 0 Å². The fourth-order valence-electron chi connectivity index (χ4n) is 1.68. The van der Waals surface area contributed by atoms with E-state index in [2.05, 4.69) is 15.4 Å². The molecule has 0 saturated carbocycles. The molecule has 114 valence electrons. The van der Waals surface area contributed by atoms with E-state index in [9.17, 15) is 4.79 Å². The van der Waals surface area contributed by atoms with Crippen LogP contribution in [0, 0.1) is 11.3 Å². The summed E-state index contributed by atoms with van der Waals surface area (Å²) in [6.07, 6.45) is 2.97. The van der Waals surface area contributed by atoms with Gasteiger partial charge in [-0.3, -0.25) is 4.79 Å². The number of carbonyl (C=O) groups excluding carboxylic acids is 1. The van der Waals surface area contributed by atoms with Gasteiger partial charge in [-0.25, -0.2) is 4.98 Å². The van der Waals surface area contributed by atoms with Gasteiger partial charge in [-0.2, -0.15) is 15.0 Å². The molecule has 0 aromatic carbocycles. The van der Waals surface area contributed by atoms with Gasteiger partial charge in [0.2, 0.25) is 0 Å². The van der Waals surface area contributed by atoms with Gasteiger partial charge in [0.15, 0.2) is 11.6 Å². The largest absolute Gasteiger partial charge is 0.382 e. The van der Waals surface area contributed by atoms with Crippen LogP contribution in [0.25, 0.3) is 5.82 Å². The lowest BCUT2D eigenvalue weighted by Gasteiger charge is -2.09. The van der Waals surface area contributed by atoms with Gasteiger partial charge in [-0.05, 0) is 12.1 Å². The molecule has 0 spiro atoms. The number of aromatic nitrogens is 3. The molecular weight excluding hydrogens is 286 g/mol. The Morgan fingerprint density at radius 3 is 3.00 bits per heavy atom. The second kappa shape index (κ2) is 7.87. The minimum Gasteiger partial charge on any atom is -0.382 e. The summed E-state index contributed by atoms with van der Waals surface area (Å²) in [6, 6.07) is 7.25. The van der Waals surface area contributed by atoms with Gasteiger partial charge in [0, 0.05) is 13.3 Å². The lowest BCUT2D eigenvalue weighted by atomic mass is 10.3. The number of rotatable bonds is 7. The zero-order valence-electron chi connectivity index (χ0n) is 12.0. The number of pyridine rings is 1. The minimum absolute atomic E-state index is 0.137. The Kier molecular flexibility index (Phi) is 5.59. The summed E-state index contributed by atoms with van der Waals surface area (Å²) in [5, 5.41) is 15.8. The molecule has 0 bridgehead atoms. The molecule has 2 heterocycles. The SMILES string of the molecule is COCCOCC(=O)Nc1c(C#N)cnn1-c1ccccn1. The number of carbonyl (C=O) groups is 1. The van der Waals surface area contributed by atoms with Crippen LogP contribution in [0.4, 0.5) is 5.82 Å². The van der Waals surface area contributed by atoms with Crippen LogP contribution in [-0.4, -0.2) is 47.6 Å². The van der Waals surface area contributed by atoms with E-state index < -0.39 is 0 Å². The van der Waals surface area contributed by atoms with Gasteiger partial charge >= 0.3 is 0 Å². The Hall–Kier alpha value is -2.76. The van der Waals surface area contributed by atoms with E-state index in [1.54, 1.807) is 31.5 Å². The summed E-state index contributed by atoms with van der Waals surface area (Å²) in [4.78, 5) is 16.0. The Morgan fingerprint density at radius 1 is 1.45 bits per heavy atom. The Bertz CT molecular complexity index is 663. The molecule has 2 aromatic heterocycles. The maximum atomic E-state index is 11.9. The highest BCUT2D eigenvalue weighted by Gasteiger charge is 2.15. The van der Waals surface area contributed by atoms with E-state index >= 15 is 0 Å². The first kappa shape index (κ1) is 15.6. The molecule has 22 heavy (non-hydrogen) atoms. The highest BCUT2D eigenvalue weighted by molar-refractivity contribution is 5.92. The topological polar surface area (TPSA) is 102 Å². The van der Waals surface area contributed by atoms with Crippen LogP contribution in [0.1, 0.15) is 5.56 Å². The van der Waals surface area contributed by atoms with Gasteiger partial charge in [0.05, 0.1) is 19.4 Å². The quantitative estimate of drug-likeness (QED) is 0.757.